The Kier molecular flexibility index (Phi) is 24.0. The van der Waals surface area contributed by atoms with Crippen LogP contribution >= 0.6 is 0 Å². The number of hydrogen-bond donors (Lipinski definition) is 3. The molecular weight excluding hydrogens is 943 g/mol. The molecule has 0 radical (unpaired) electrons. The molecule has 0 unspecified atom stereocenters. The summed E-state index contributed by atoms with van der Waals surface area (Å²) < 4.78 is 12.1. The van der Waals surface area contributed by atoms with Crippen molar-refractivity contribution in [2.24, 2.45) is 23.7 Å². The highest BCUT2D eigenvalue weighted by Crippen LogP contribution is 2.30. The largest absolute Gasteiger partial charge is 0.508 e. The first-order valence-electron chi connectivity index (χ1n) is 26.4. The normalized spacial score (nSPS) is 19.6. The maximum absolute atomic E-state index is 14.7. The molecule has 4 rings (SSSR count). The molecule has 0 aromatic heterocycles. The van der Waals surface area contributed by atoms with E-state index in [9.17, 15) is 43.5 Å². The fourth-order valence-electron chi connectivity index (χ4n) is 10.4. The van der Waals surface area contributed by atoms with E-state index in [2.05, 4.69) is 10.6 Å². The number of phenols is 1. The Morgan fingerprint density at radius 1 is 0.836 bits per heavy atom. The van der Waals surface area contributed by atoms with Gasteiger partial charge in [-0.15, -0.1) is 5.06 Å². The topological polar surface area (TPSA) is 234 Å². The molecule has 73 heavy (non-hydrogen) atoms. The van der Waals surface area contributed by atoms with E-state index >= 15 is 0 Å². The van der Waals surface area contributed by atoms with Gasteiger partial charge in [0.1, 0.15) is 17.8 Å². The number of phenolic OH excluding ortho intramolecular Hbond substituents is 1. The molecule has 410 valence electrons. The Morgan fingerprint density at radius 3 is 2.08 bits per heavy atom. The van der Waals surface area contributed by atoms with Gasteiger partial charge in [0.05, 0.1) is 49.3 Å². The van der Waals surface area contributed by atoms with E-state index in [0.717, 1.165) is 18.4 Å². The van der Waals surface area contributed by atoms with Crippen LogP contribution in [0.15, 0.2) is 24.3 Å². The van der Waals surface area contributed by atoms with E-state index in [1.165, 1.54) is 31.4 Å². The molecule has 0 spiro atoms. The van der Waals surface area contributed by atoms with Crippen molar-refractivity contribution in [3.8, 4) is 5.75 Å². The van der Waals surface area contributed by atoms with E-state index in [1.54, 1.807) is 35.9 Å². The number of hydroxylamine groups is 4. The van der Waals surface area contributed by atoms with Crippen LogP contribution in [0.25, 0.3) is 0 Å². The van der Waals surface area contributed by atoms with Crippen molar-refractivity contribution in [1.29, 1.82) is 0 Å². The third-order valence-corrected chi connectivity index (χ3v) is 14.7. The van der Waals surface area contributed by atoms with Gasteiger partial charge in [0.25, 0.3) is 17.7 Å². The van der Waals surface area contributed by atoms with Crippen molar-refractivity contribution < 1.29 is 62.6 Å². The van der Waals surface area contributed by atoms with E-state index in [-0.39, 0.29) is 79.2 Å². The summed E-state index contributed by atoms with van der Waals surface area (Å²) >= 11 is 0. The summed E-state index contributed by atoms with van der Waals surface area (Å²) in [6, 6.07) is 3.00. The standard InChI is InChI=1S/C53H85N7O13/c1-12-35(6)48(57(9)53(69)46(33(2)3)55-51(67)47(34(4)5)56(8)27-15-13-14-20-45(65)73-60-42(62)25-26-43(60)63)41(70-10)32-44(64)58-28-18-19-40(58)49(71-11)36(7)50(66)54-39(31-37-21-23-38(61)24-22-37)52(68)59-29-16-17-30-72-59/h21-24,33-36,39-41,46-49,61H,12-20,25-32H2,1-11H3,(H,54,66)(H,55,67)/t35-,36+,39-,40-,41+,46-,47-,48-,49+/m0/s1. The van der Waals surface area contributed by atoms with E-state index in [0.29, 0.717) is 69.8 Å². The number of likely N-dealkylation sites (N-methyl/N-ethyl adjacent to an activating group) is 2. The number of methoxy groups -OCH3 is 2. The molecule has 7 amide bonds. The average Bonchev–Trinajstić information content (AvgIpc) is 3.98. The van der Waals surface area contributed by atoms with Crippen LogP contribution in [-0.4, -0.2) is 174 Å². The maximum Gasteiger partial charge on any atom is 0.333 e. The number of nitrogens with one attached hydrogen (secondary N) is 2. The quantitative estimate of drug-likeness (QED) is 0.0791. The number of carbonyl (C=O) groups is 8. The number of unbranched alkanes of at least 4 members (excludes halogenated alkanes) is 2. The third-order valence-electron chi connectivity index (χ3n) is 14.7. The lowest BCUT2D eigenvalue weighted by Gasteiger charge is -2.41. The summed E-state index contributed by atoms with van der Waals surface area (Å²) in [4.78, 5) is 123. The highest BCUT2D eigenvalue weighted by atomic mass is 16.7. The smallest absolute Gasteiger partial charge is 0.333 e. The predicted octanol–water partition coefficient (Wildman–Crippen LogP) is 4.16. The Bertz CT molecular complexity index is 2000. The second-order valence-electron chi connectivity index (χ2n) is 20.8. The predicted molar refractivity (Wildman–Crippen MR) is 270 cm³/mol. The highest BCUT2D eigenvalue weighted by molar-refractivity contribution is 6.01. The Morgan fingerprint density at radius 2 is 1.51 bits per heavy atom. The third kappa shape index (κ3) is 16.7. The van der Waals surface area contributed by atoms with E-state index < -0.39 is 72.0 Å². The molecular formula is C53H85N7O13. The number of ether oxygens (including phenoxy) is 2. The summed E-state index contributed by atoms with van der Waals surface area (Å²) in [6.07, 6.45) is 4.02. The lowest BCUT2D eigenvalue weighted by molar-refractivity contribution is -0.199. The average molecular weight is 1030 g/mol. The summed E-state index contributed by atoms with van der Waals surface area (Å²) in [5.74, 6) is -4.55. The van der Waals surface area contributed by atoms with E-state index in [1.807, 2.05) is 53.5 Å². The van der Waals surface area contributed by atoms with Gasteiger partial charge in [-0.2, -0.15) is 0 Å². The van der Waals surface area contributed by atoms with Crippen LogP contribution in [0.1, 0.15) is 131 Å². The zero-order chi connectivity index (χ0) is 54.1. The van der Waals surface area contributed by atoms with Crippen molar-refractivity contribution in [3.63, 3.8) is 0 Å². The molecule has 3 aliphatic rings. The van der Waals surface area contributed by atoms with Gasteiger partial charge in [-0.1, -0.05) is 73.4 Å². The van der Waals surface area contributed by atoms with Crippen LogP contribution in [0.5, 0.6) is 5.75 Å². The van der Waals surface area contributed by atoms with Gasteiger partial charge in [0, 0.05) is 60.0 Å². The SMILES string of the molecule is CC[C@H](C)[C@@H]([C@@H](CC(=O)N1CCC[C@H]1[C@H](OC)[C@@H](C)C(=O)N[C@@H](Cc1ccc(O)cc1)C(=O)N1CCCCO1)OC)N(C)C(=O)[C@@H](NC(=O)[C@H](C(C)C)N(C)CCCCCC(=O)ON1C(=O)CCC1=O)C(C)C. The van der Waals surface area contributed by atoms with Crippen molar-refractivity contribution in [1.82, 2.24) is 35.5 Å². The fourth-order valence-corrected chi connectivity index (χ4v) is 10.4. The first kappa shape index (κ1) is 60.4. The number of aromatic hydroxyl groups is 1. The Labute approximate surface area is 432 Å². The van der Waals surface area contributed by atoms with Crippen molar-refractivity contribution >= 4 is 47.3 Å². The van der Waals surface area contributed by atoms with Crippen LogP contribution in [0.2, 0.25) is 0 Å². The Hall–Kier alpha value is -5.18. The molecule has 3 N–H and O–H groups in total. The molecule has 3 heterocycles. The zero-order valence-corrected chi connectivity index (χ0v) is 45.3. The zero-order valence-electron chi connectivity index (χ0n) is 45.3. The fraction of sp³-hybridized carbons (Fsp3) is 0.736. The Balaban J connectivity index is 1.41. The molecule has 3 aliphatic heterocycles. The number of imide groups is 1. The minimum Gasteiger partial charge on any atom is -0.508 e. The summed E-state index contributed by atoms with van der Waals surface area (Å²) in [5, 5.41) is 17.7. The number of benzene rings is 1. The molecule has 0 saturated carbocycles. The van der Waals surface area contributed by atoms with Gasteiger partial charge in [-0.25, -0.2) is 9.86 Å². The van der Waals surface area contributed by atoms with E-state index in [4.69, 9.17) is 19.1 Å². The number of rotatable bonds is 28. The van der Waals surface area contributed by atoms with Crippen LogP contribution in [0.4, 0.5) is 0 Å². The summed E-state index contributed by atoms with van der Waals surface area (Å²) in [5.41, 5.74) is 0.736. The molecule has 1 aromatic carbocycles. The van der Waals surface area contributed by atoms with Crippen molar-refractivity contribution in [2.75, 3.05) is 54.6 Å². The highest BCUT2D eigenvalue weighted by Gasteiger charge is 2.44. The molecule has 3 saturated heterocycles. The van der Waals surface area contributed by atoms with Crippen LogP contribution < -0.4 is 10.6 Å². The molecule has 20 nitrogen and oxygen atoms in total. The lowest BCUT2D eigenvalue weighted by Crippen LogP contribution is -2.60. The van der Waals surface area contributed by atoms with Crippen LogP contribution in [0.3, 0.4) is 0 Å². The number of amides is 7. The summed E-state index contributed by atoms with van der Waals surface area (Å²) in [7, 11) is 6.58. The number of hydrogen-bond acceptors (Lipinski definition) is 14. The number of carbonyl (C=O) groups excluding carboxylic acids is 8. The van der Waals surface area contributed by atoms with Crippen LogP contribution in [-0.2, 0) is 63.9 Å². The lowest BCUT2D eigenvalue weighted by atomic mass is 9.89. The first-order chi connectivity index (χ1) is 34.6. The first-order valence-corrected chi connectivity index (χ1v) is 26.4. The minimum absolute atomic E-state index is 0.0274. The molecule has 1 aromatic rings. The molecule has 9 atom stereocenters. The summed E-state index contributed by atoms with van der Waals surface area (Å²) in [6.45, 7) is 15.1. The second kappa shape index (κ2) is 29.1. The number of likely N-dealkylation sites (tertiary alicyclic amines) is 1. The molecule has 3 fully saturated rings. The van der Waals surface area contributed by atoms with Gasteiger partial charge >= 0.3 is 5.97 Å². The van der Waals surface area contributed by atoms with Gasteiger partial charge in [0.2, 0.25) is 23.6 Å². The molecule has 0 bridgehead atoms. The monoisotopic (exact) mass is 1030 g/mol. The van der Waals surface area contributed by atoms with Gasteiger partial charge in [-0.3, -0.25) is 43.3 Å². The second-order valence-corrected chi connectivity index (χ2v) is 20.8. The minimum atomic E-state index is -0.961. The van der Waals surface area contributed by atoms with Crippen molar-refractivity contribution in [2.45, 2.75) is 174 Å². The van der Waals surface area contributed by atoms with Crippen LogP contribution in [0, 0.1) is 23.7 Å². The molecule has 20 heteroatoms. The van der Waals surface area contributed by atoms with Gasteiger partial charge in [0.15, 0.2) is 0 Å². The van der Waals surface area contributed by atoms with Gasteiger partial charge < -0.3 is 39.9 Å². The molecule has 0 aliphatic carbocycles. The number of nitrogens with zero attached hydrogens (tertiary/aromatic N) is 5. The van der Waals surface area contributed by atoms with Gasteiger partial charge in [-0.05, 0) is 87.6 Å². The maximum atomic E-state index is 14.7. The van der Waals surface area contributed by atoms with Crippen molar-refractivity contribution in [3.05, 3.63) is 29.8 Å².